The minimum absolute atomic E-state index is 0.0244. The van der Waals surface area contributed by atoms with Crippen molar-refractivity contribution in [3.63, 3.8) is 0 Å². The molecule has 1 aromatic carbocycles. The van der Waals surface area contributed by atoms with E-state index in [1.54, 1.807) is 18.2 Å². The number of epoxide rings is 1. The maximum Gasteiger partial charge on any atom is 0.330 e. The van der Waals surface area contributed by atoms with Crippen molar-refractivity contribution in [1.29, 1.82) is 0 Å². The van der Waals surface area contributed by atoms with Gasteiger partial charge in [0.05, 0.1) is 22.3 Å². The Morgan fingerprint density at radius 1 is 1.09 bits per heavy atom. The van der Waals surface area contributed by atoms with Gasteiger partial charge in [0.2, 0.25) is 0 Å². The molecule has 6 atom stereocenters. The lowest BCUT2D eigenvalue weighted by Crippen LogP contribution is -2.72. The number of carbonyl (C=O) groups excluding carboxylic acids is 2. The number of carboxylic acids is 1. The molecule has 2 saturated heterocycles. The lowest BCUT2D eigenvalue weighted by atomic mass is 9.51. The minimum atomic E-state index is -1.72. The summed E-state index contributed by atoms with van der Waals surface area (Å²) in [6.07, 6.45) is 4.75. The van der Waals surface area contributed by atoms with Crippen LogP contribution in [0.15, 0.2) is 29.4 Å². The van der Waals surface area contributed by atoms with Crippen LogP contribution in [0.4, 0.5) is 0 Å². The zero-order valence-electron chi connectivity index (χ0n) is 25.2. The van der Waals surface area contributed by atoms with Crippen LogP contribution in [0.25, 0.3) is 6.08 Å². The number of phenols is 1. The van der Waals surface area contributed by atoms with Gasteiger partial charge in [0.25, 0.3) is 0 Å². The Morgan fingerprint density at radius 2 is 1.77 bits per heavy atom. The van der Waals surface area contributed by atoms with Crippen LogP contribution in [0.5, 0.6) is 17.2 Å². The fourth-order valence-electron chi connectivity index (χ4n) is 8.06. The van der Waals surface area contributed by atoms with E-state index in [0.29, 0.717) is 6.42 Å². The van der Waals surface area contributed by atoms with Crippen LogP contribution < -0.4 is 9.47 Å². The highest BCUT2D eigenvalue weighted by molar-refractivity contribution is 6.19. The molecule has 10 heteroatoms. The topological polar surface area (TPSA) is 152 Å². The monoisotopic (exact) mass is 592 g/mol. The zero-order chi connectivity index (χ0) is 31.2. The van der Waals surface area contributed by atoms with Crippen molar-refractivity contribution in [2.24, 2.45) is 11.8 Å². The smallest absolute Gasteiger partial charge is 0.330 e. The number of allylic oxidation sites excluding steroid dienone is 1. The molecule has 0 radical (unpaired) electrons. The van der Waals surface area contributed by atoms with Crippen LogP contribution >= 0.6 is 0 Å². The minimum Gasteiger partial charge on any atom is -0.506 e. The summed E-state index contributed by atoms with van der Waals surface area (Å²) >= 11 is 0. The summed E-state index contributed by atoms with van der Waals surface area (Å²) in [7, 11) is 0. The molecule has 7 aliphatic rings. The molecule has 1 aromatic rings. The molecule has 3 fully saturated rings. The van der Waals surface area contributed by atoms with Gasteiger partial charge in [0.1, 0.15) is 40.6 Å². The van der Waals surface area contributed by atoms with Gasteiger partial charge in [-0.2, -0.15) is 0 Å². The quantitative estimate of drug-likeness (QED) is 0.335. The molecule has 3 N–H and O–H groups in total. The number of rotatable bonds is 5. The molecule has 10 nitrogen and oxygen atoms in total. The summed E-state index contributed by atoms with van der Waals surface area (Å²) in [6.45, 7) is 12.4. The van der Waals surface area contributed by atoms with Crippen LogP contribution in [0.2, 0.25) is 0 Å². The highest BCUT2D eigenvalue weighted by Crippen LogP contribution is 2.69. The van der Waals surface area contributed by atoms with Crippen molar-refractivity contribution in [2.45, 2.75) is 102 Å². The summed E-state index contributed by atoms with van der Waals surface area (Å²) in [5.41, 5.74) is -5.28. The van der Waals surface area contributed by atoms with E-state index in [-0.39, 0.29) is 57.3 Å². The number of benzene rings is 1. The molecule has 43 heavy (non-hydrogen) atoms. The fraction of sp³-hybridized carbons (Fsp3) is 0.545. The summed E-state index contributed by atoms with van der Waals surface area (Å²) in [5.74, 6) is -3.35. The lowest BCUT2D eigenvalue weighted by molar-refractivity contribution is -0.171. The van der Waals surface area contributed by atoms with Crippen LogP contribution in [-0.4, -0.2) is 67.0 Å². The number of phenolic OH excluding ortho intramolecular Hbond substituents is 1. The van der Waals surface area contributed by atoms with Gasteiger partial charge in [0, 0.05) is 29.4 Å². The van der Waals surface area contributed by atoms with E-state index in [9.17, 15) is 29.7 Å². The van der Waals surface area contributed by atoms with Gasteiger partial charge in [-0.1, -0.05) is 12.2 Å². The number of ketones is 2. The molecule has 228 valence electrons. The molecule has 0 amide bonds. The van der Waals surface area contributed by atoms with Gasteiger partial charge < -0.3 is 34.3 Å². The average Bonchev–Trinajstić information content (AvgIpc) is 3.51. The summed E-state index contributed by atoms with van der Waals surface area (Å²) in [5, 5.41) is 33.0. The van der Waals surface area contributed by atoms with Crippen LogP contribution in [-0.2, 0) is 19.1 Å². The molecular formula is C33H36O10. The van der Waals surface area contributed by atoms with Crippen molar-refractivity contribution in [3.8, 4) is 17.2 Å². The third-order valence-corrected chi connectivity index (χ3v) is 10.2. The van der Waals surface area contributed by atoms with E-state index in [1.165, 1.54) is 13.0 Å². The summed E-state index contributed by atoms with van der Waals surface area (Å²) in [4.78, 5) is 40.6. The van der Waals surface area contributed by atoms with Gasteiger partial charge >= 0.3 is 5.97 Å². The molecule has 4 bridgehead atoms. The number of fused-ring (bicyclic) bond motifs is 2. The number of carbonyl (C=O) groups is 3. The van der Waals surface area contributed by atoms with E-state index in [0.717, 1.165) is 0 Å². The molecule has 4 aliphatic heterocycles. The largest absolute Gasteiger partial charge is 0.506 e. The molecule has 4 heterocycles. The summed E-state index contributed by atoms with van der Waals surface area (Å²) < 4.78 is 25.8. The van der Waals surface area contributed by atoms with Gasteiger partial charge in [-0.25, -0.2) is 4.79 Å². The molecule has 1 spiro atoms. The first kappa shape index (κ1) is 28.3. The number of aliphatic hydroxyl groups is 1. The number of ether oxygens (including phenoxy) is 4. The molecule has 3 aliphatic carbocycles. The molecular weight excluding hydrogens is 556 g/mol. The Morgan fingerprint density at radius 3 is 2.40 bits per heavy atom. The highest BCUT2D eigenvalue weighted by atomic mass is 16.6. The van der Waals surface area contributed by atoms with Crippen molar-refractivity contribution in [3.05, 3.63) is 46.1 Å². The van der Waals surface area contributed by atoms with E-state index < -0.39 is 63.8 Å². The van der Waals surface area contributed by atoms with Crippen LogP contribution in [0, 0.1) is 11.8 Å². The summed E-state index contributed by atoms with van der Waals surface area (Å²) in [6, 6.07) is 0. The second-order valence-corrected chi connectivity index (χ2v) is 14.3. The Bertz CT molecular complexity index is 1640. The standard InChI is InChI=1S/C33H36O10/c1-14(28(38)39)8-11-32-26(37)15-12-17-22(35)19-21(34)16-9-10-29(2,3)40-24(16)20(23(36)27-31(6,7)42-27)25(19)41-33(17,32)18(13-15)30(4,5)43-32/h8-10,12,15,18,23,27,34,36H,11,13H2,1-7H3,(H,38,39)/b14-8-/t15-,18-,23?,27-,32+,33-/m0/s1. The number of aromatic hydroxyl groups is 1. The average molecular weight is 593 g/mol. The van der Waals surface area contributed by atoms with Gasteiger partial charge in [-0.05, 0) is 67.0 Å². The Hall–Kier alpha value is -3.47. The van der Waals surface area contributed by atoms with Crippen molar-refractivity contribution in [2.75, 3.05) is 0 Å². The van der Waals surface area contributed by atoms with E-state index >= 15 is 0 Å². The Labute approximate surface area is 249 Å². The van der Waals surface area contributed by atoms with Gasteiger partial charge in [0.15, 0.2) is 22.8 Å². The van der Waals surface area contributed by atoms with Gasteiger partial charge in [-0.3, -0.25) is 9.59 Å². The first-order chi connectivity index (χ1) is 19.9. The van der Waals surface area contributed by atoms with Crippen molar-refractivity contribution in [1.82, 2.24) is 0 Å². The second kappa shape index (κ2) is 8.16. The predicted octanol–water partition coefficient (Wildman–Crippen LogP) is 4.21. The lowest BCUT2D eigenvalue weighted by Gasteiger charge is -2.56. The second-order valence-electron chi connectivity index (χ2n) is 14.3. The van der Waals surface area contributed by atoms with E-state index in [2.05, 4.69) is 0 Å². The Balaban J connectivity index is 1.52. The van der Waals surface area contributed by atoms with E-state index in [4.69, 9.17) is 18.9 Å². The third-order valence-electron chi connectivity index (χ3n) is 10.2. The van der Waals surface area contributed by atoms with E-state index in [1.807, 2.05) is 41.5 Å². The number of carboxylic acid groups (broad SMARTS) is 1. The van der Waals surface area contributed by atoms with Crippen molar-refractivity contribution < 1.29 is 48.7 Å². The van der Waals surface area contributed by atoms with Crippen molar-refractivity contribution >= 4 is 23.6 Å². The molecule has 0 aromatic heterocycles. The number of aliphatic hydroxyl groups excluding tert-OH is 1. The maximum absolute atomic E-state index is 14.6. The normalized spacial score (nSPS) is 35.7. The zero-order valence-corrected chi connectivity index (χ0v) is 25.2. The fourth-order valence-corrected chi connectivity index (χ4v) is 8.06. The van der Waals surface area contributed by atoms with Gasteiger partial charge in [-0.15, -0.1) is 0 Å². The first-order valence-corrected chi connectivity index (χ1v) is 14.7. The van der Waals surface area contributed by atoms with Crippen LogP contribution in [0.1, 0.15) is 88.9 Å². The molecule has 8 rings (SSSR count). The van der Waals surface area contributed by atoms with Crippen LogP contribution in [0.3, 0.4) is 0 Å². The molecule has 1 saturated carbocycles. The highest BCUT2D eigenvalue weighted by Gasteiger charge is 2.81. The predicted molar refractivity (Wildman–Crippen MR) is 152 cm³/mol. The number of hydrogen-bond acceptors (Lipinski definition) is 9. The first-order valence-electron chi connectivity index (χ1n) is 14.7. The number of Topliss-reactive ketones (excluding diaryl/α,β-unsaturated/α-hetero) is 2. The third kappa shape index (κ3) is 3.42. The SMILES string of the molecule is C/C(=C/C[C@]12OC(C)(C)[C@@H]3C[C@H](C=C4C(=O)c5c(O)c6c(c(C(O)[C@@H]7OC7(C)C)c5O[C@@]431)OC(C)(C)C=C6)C2=O)C(=O)O. The Kier molecular flexibility index (Phi) is 5.38. The number of aliphatic carboxylic acids is 1. The maximum atomic E-state index is 14.6. The molecule has 1 unspecified atom stereocenters. The number of hydrogen-bond donors (Lipinski definition) is 3.